The van der Waals surface area contributed by atoms with Gasteiger partial charge in [0.2, 0.25) is 0 Å². The minimum absolute atomic E-state index is 0.158. The average molecular weight is 348 g/mol. The summed E-state index contributed by atoms with van der Waals surface area (Å²) in [6.07, 6.45) is 4.06. The molecule has 0 N–H and O–H groups in total. The van der Waals surface area contributed by atoms with Crippen LogP contribution in [0, 0.1) is 13.8 Å². The fourth-order valence-corrected chi connectivity index (χ4v) is 3.25. The van der Waals surface area contributed by atoms with Crippen LogP contribution in [0.15, 0.2) is 72.5 Å². The van der Waals surface area contributed by atoms with Crippen LogP contribution in [0.2, 0.25) is 0 Å². The summed E-state index contributed by atoms with van der Waals surface area (Å²) in [6, 6.07) is 16.7. The molecule has 136 valence electrons. The minimum Gasteiger partial charge on any atom is -0.348 e. The molecule has 0 aliphatic carbocycles. The Morgan fingerprint density at radius 3 is 2.38 bits per heavy atom. The highest BCUT2D eigenvalue weighted by molar-refractivity contribution is 5.79. The molecule has 2 rings (SSSR count). The van der Waals surface area contributed by atoms with Crippen molar-refractivity contribution in [3.63, 3.8) is 0 Å². The predicted octanol–water partition coefficient (Wildman–Crippen LogP) is 5.79. The van der Waals surface area contributed by atoms with Gasteiger partial charge in [-0.2, -0.15) is 0 Å². The van der Waals surface area contributed by atoms with E-state index in [0.717, 1.165) is 29.8 Å². The molecule has 26 heavy (non-hydrogen) atoms. The predicted molar refractivity (Wildman–Crippen MR) is 112 cm³/mol. The number of nitrogens with zero attached hydrogens (tertiary/aromatic N) is 1. The topological polar surface area (TPSA) is 20.3 Å². The molecule has 0 heterocycles. The van der Waals surface area contributed by atoms with Crippen molar-refractivity contribution in [2.24, 2.45) is 0 Å². The number of carbonyl (C=O) groups excluding carboxylic acids is 1. The lowest BCUT2D eigenvalue weighted by molar-refractivity contribution is -0.116. The maximum absolute atomic E-state index is 11.7. The van der Waals surface area contributed by atoms with Gasteiger partial charge in [0, 0.05) is 24.9 Å². The number of carbonyl (C=O) groups is 1. The van der Waals surface area contributed by atoms with Crippen LogP contribution < -0.4 is 4.90 Å². The first-order valence-electron chi connectivity index (χ1n) is 9.11. The lowest BCUT2D eigenvalue weighted by Crippen LogP contribution is -2.19. The summed E-state index contributed by atoms with van der Waals surface area (Å²) in [5.41, 5.74) is 7.30. The second-order valence-corrected chi connectivity index (χ2v) is 6.81. The van der Waals surface area contributed by atoms with Gasteiger partial charge in [0.1, 0.15) is 5.78 Å². The number of anilines is 1. The SMILES string of the molecule is C=C/C(CC(C)=O)=C(/CCc1cccc(C)c1C)N(C)c1ccccc1. The van der Waals surface area contributed by atoms with E-state index in [4.69, 9.17) is 0 Å². The van der Waals surface area contributed by atoms with Gasteiger partial charge in [-0.1, -0.05) is 49.1 Å². The van der Waals surface area contributed by atoms with Gasteiger partial charge in [-0.05, 0) is 68.0 Å². The fourth-order valence-electron chi connectivity index (χ4n) is 3.25. The maximum atomic E-state index is 11.7. The van der Waals surface area contributed by atoms with Gasteiger partial charge in [0.25, 0.3) is 0 Å². The minimum atomic E-state index is 0.158. The first kappa shape index (κ1) is 19.7. The third kappa shape index (κ3) is 4.95. The van der Waals surface area contributed by atoms with Crippen LogP contribution in [-0.4, -0.2) is 12.8 Å². The summed E-state index contributed by atoms with van der Waals surface area (Å²) < 4.78 is 0. The molecule has 0 radical (unpaired) electrons. The molecule has 2 aromatic carbocycles. The Bertz CT molecular complexity index is 802. The zero-order chi connectivity index (χ0) is 19.1. The number of aryl methyl sites for hydroxylation is 2. The van der Waals surface area contributed by atoms with Gasteiger partial charge in [-0.3, -0.25) is 4.79 Å². The van der Waals surface area contributed by atoms with E-state index in [-0.39, 0.29) is 5.78 Å². The molecule has 0 aromatic heterocycles. The van der Waals surface area contributed by atoms with Crippen LogP contribution in [0.1, 0.15) is 36.5 Å². The second-order valence-electron chi connectivity index (χ2n) is 6.81. The number of ketones is 1. The largest absolute Gasteiger partial charge is 0.348 e. The monoisotopic (exact) mass is 347 g/mol. The highest BCUT2D eigenvalue weighted by Gasteiger charge is 2.14. The molecule has 0 fully saturated rings. The van der Waals surface area contributed by atoms with Crippen LogP contribution in [-0.2, 0) is 11.2 Å². The average Bonchev–Trinajstić information content (AvgIpc) is 2.64. The van der Waals surface area contributed by atoms with Crippen molar-refractivity contribution in [3.8, 4) is 0 Å². The Kier molecular flexibility index (Phi) is 6.97. The molecule has 2 nitrogen and oxygen atoms in total. The fraction of sp³-hybridized carbons (Fsp3) is 0.292. The molecular weight excluding hydrogens is 318 g/mol. The molecule has 2 aromatic rings. The molecule has 0 bridgehead atoms. The summed E-state index contributed by atoms with van der Waals surface area (Å²) in [6.45, 7) is 9.92. The quantitative estimate of drug-likeness (QED) is 0.563. The number of para-hydroxylation sites is 1. The van der Waals surface area contributed by atoms with Crippen molar-refractivity contribution >= 4 is 11.5 Å². The van der Waals surface area contributed by atoms with Crippen LogP contribution in [0.5, 0.6) is 0 Å². The molecule has 0 atom stereocenters. The summed E-state index contributed by atoms with van der Waals surface area (Å²) in [4.78, 5) is 13.9. The van der Waals surface area contributed by atoms with Gasteiger partial charge < -0.3 is 4.90 Å². The zero-order valence-electron chi connectivity index (χ0n) is 16.4. The van der Waals surface area contributed by atoms with Crippen LogP contribution in [0.3, 0.4) is 0 Å². The molecule has 0 saturated carbocycles. The molecule has 0 aliphatic rings. The van der Waals surface area contributed by atoms with Crippen molar-refractivity contribution in [3.05, 3.63) is 89.1 Å². The van der Waals surface area contributed by atoms with Crippen molar-refractivity contribution < 1.29 is 4.79 Å². The van der Waals surface area contributed by atoms with Crippen LogP contribution in [0.4, 0.5) is 5.69 Å². The molecule has 0 unspecified atom stereocenters. The third-order valence-corrected chi connectivity index (χ3v) is 4.95. The number of hydrogen-bond donors (Lipinski definition) is 0. The lowest BCUT2D eigenvalue weighted by atomic mass is 9.96. The van der Waals surface area contributed by atoms with E-state index in [0.29, 0.717) is 6.42 Å². The highest BCUT2D eigenvalue weighted by atomic mass is 16.1. The standard InChI is InChI=1S/C24H29NO/c1-6-21(17-19(3)26)24(25(5)23-13-8-7-9-14-23)16-15-22-12-10-11-18(2)20(22)4/h6-14H,1,15-17H2,2-5H3/b24-21+. The molecule has 0 amide bonds. The first-order valence-corrected chi connectivity index (χ1v) is 9.11. The number of allylic oxidation sites excluding steroid dienone is 3. The van der Waals surface area contributed by atoms with Crippen molar-refractivity contribution in [2.75, 3.05) is 11.9 Å². The Morgan fingerprint density at radius 2 is 1.77 bits per heavy atom. The molecule has 0 saturated heterocycles. The van der Waals surface area contributed by atoms with Gasteiger partial charge in [-0.25, -0.2) is 0 Å². The molecule has 2 heteroatoms. The number of hydrogen-bond acceptors (Lipinski definition) is 2. The zero-order valence-corrected chi connectivity index (χ0v) is 16.4. The van der Waals surface area contributed by atoms with E-state index in [1.807, 2.05) is 24.3 Å². The number of benzene rings is 2. The Morgan fingerprint density at radius 1 is 1.08 bits per heavy atom. The Labute approximate surface area is 157 Å². The molecular formula is C24H29NO. The van der Waals surface area contributed by atoms with E-state index in [2.05, 4.69) is 62.7 Å². The van der Waals surface area contributed by atoms with Gasteiger partial charge in [0.05, 0.1) is 0 Å². The van der Waals surface area contributed by atoms with E-state index in [9.17, 15) is 4.79 Å². The van der Waals surface area contributed by atoms with Crippen molar-refractivity contribution in [1.29, 1.82) is 0 Å². The highest BCUT2D eigenvalue weighted by Crippen LogP contribution is 2.26. The van der Waals surface area contributed by atoms with Gasteiger partial charge in [0.15, 0.2) is 0 Å². The Hall–Kier alpha value is -2.61. The Balaban J connectivity index is 2.37. The summed E-state index contributed by atoms with van der Waals surface area (Å²) in [7, 11) is 2.07. The molecule has 0 aliphatic heterocycles. The lowest BCUT2D eigenvalue weighted by Gasteiger charge is -2.26. The van der Waals surface area contributed by atoms with Gasteiger partial charge >= 0.3 is 0 Å². The smallest absolute Gasteiger partial charge is 0.134 e. The summed E-state index contributed by atoms with van der Waals surface area (Å²) in [5, 5.41) is 0. The first-order chi connectivity index (χ1) is 12.4. The van der Waals surface area contributed by atoms with E-state index >= 15 is 0 Å². The summed E-state index contributed by atoms with van der Waals surface area (Å²) in [5.74, 6) is 0.158. The molecule has 0 spiro atoms. The number of rotatable bonds is 8. The normalized spacial score (nSPS) is 11.7. The maximum Gasteiger partial charge on any atom is 0.134 e. The van der Waals surface area contributed by atoms with E-state index in [1.165, 1.54) is 16.7 Å². The van der Waals surface area contributed by atoms with Gasteiger partial charge in [-0.15, -0.1) is 0 Å². The second kappa shape index (κ2) is 9.19. The van der Waals surface area contributed by atoms with E-state index in [1.54, 1.807) is 6.92 Å². The van der Waals surface area contributed by atoms with Crippen LogP contribution >= 0.6 is 0 Å². The van der Waals surface area contributed by atoms with Crippen LogP contribution in [0.25, 0.3) is 0 Å². The van der Waals surface area contributed by atoms with Crippen molar-refractivity contribution in [1.82, 2.24) is 0 Å². The van der Waals surface area contributed by atoms with Crippen molar-refractivity contribution in [2.45, 2.75) is 40.0 Å². The van der Waals surface area contributed by atoms with E-state index < -0.39 is 0 Å². The summed E-state index contributed by atoms with van der Waals surface area (Å²) >= 11 is 0. The number of Topliss-reactive ketones (excluding diaryl/α,β-unsaturated/α-hetero) is 1. The third-order valence-electron chi connectivity index (χ3n) is 4.95.